The molecule has 2 N–H and O–H groups in total. The summed E-state index contributed by atoms with van der Waals surface area (Å²) in [5, 5.41) is 13.1. The van der Waals surface area contributed by atoms with E-state index in [9.17, 15) is 5.11 Å². The fraction of sp³-hybridized carbons (Fsp3) is 0.353. The quantitative estimate of drug-likeness (QED) is 0.784. The molecule has 1 aromatic carbocycles. The molecule has 0 spiro atoms. The van der Waals surface area contributed by atoms with Gasteiger partial charge in [0.25, 0.3) is 0 Å². The minimum absolute atomic E-state index is 0.230. The van der Waals surface area contributed by atoms with Crippen molar-refractivity contribution in [3.05, 3.63) is 55.1 Å². The van der Waals surface area contributed by atoms with E-state index in [1.54, 1.807) is 12.5 Å². The second-order valence-electron chi connectivity index (χ2n) is 5.44. The maximum Gasteiger partial charge on any atom is 0.128 e. The van der Waals surface area contributed by atoms with Crippen LogP contribution in [0.25, 0.3) is 5.70 Å². The van der Waals surface area contributed by atoms with Crippen LogP contribution in [0.2, 0.25) is 0 Å². The molecule has 0 aliphatic heterocycles. The normalized spacial score (nSPS) is 12.4. The third-order valence-corrected chi connectivity index (χ3v) is 3.21. The van der Waals surface area contributed by atoms with Crippen LogP contribution in [0.5, 0.6) is 5.75 Å². The van der Waals surface area contributed by atoms with Crippen LogP contribution in [0.3, 0.4) is 0 Å². The molecule has 118 valence electrons. The van der Waals surface area contributed by atoms with Gasteiger partial charge >= 0.3 is 0 Å². The van der Waals surface area contributed by atoms with E-state index >= 15 is 0 Å². The fourth-order valence-electron chi connectivity index (χ4n) is 2.01. The minimum atomic E-state index is -0.558. The Balaban J connectivity index is 2.01. The van der Waals surface area contributed by atoms with Gasteiger partial charge in [0.1, 0.15) is 18.5 Å². The molecule has 0 bridgehead atoms. The van der Waals surface area contributed by atoms with Crippen LogP contribution in [0.4, 0.5) is 0 Å². The highest BCUT2D eigenvalue weighted by Crippen LogP contribution is 2.25. The van der Waals surface area contributed by atoms with Crippen LogP contribution in [0.1, 0.15) is 19.4 Å². The van der Waals surface area contributed by atoms with Crippen molar-refractivity contribution in [1.82, 2.24) is 14.9 Å². The summed E-state index contributed by atoms with van der Waals surface area (Å²) in [6.45, 7) is 8.89. The second-order valence-corrected chi connectivity index (χ2v) is 5.44. The summed E-state index contributed by atoms with van der Waals surface area (Å²) >= 11 is 0. The Kier molecular flexibility index (Phi) is 5.75. The first kappa shape index (κ1) is 16.3. The Morgan fingerprint density at radius 1 is 1.41 bits per heavy atom. The third-order valence-electron chi connectivity index (χ3n) is 3.21. The lowest BCUT2D eigenvalue weighted by Crippen LogP contribution is -2.35. The highest BCUT2D eigenvalue weighted by molar-refractivity contribution is 5.68. The molecule has 5 nitrogen and oxygen atoms in total. The predicted molar refractivity (Wildman–Crippen MR) is 87.7 cm³/mol. The summed E-state index contributed by atoms with van der Waals surface area (Å²) in [4.78, 5) is 4.03. The molecular formula is C17H23N3O2. The van der Waals surface area contributed by atoms with Gasteiger partial charge in [-0.15, -0.1) is 0 Å². The van der Waals surface area contributed by atoms with Gasteiger partial charge in [-0.3, -0.25) is 0 Å². The van der Waals surface area contributed by atoms with Crippen LogP contribution in [0, 0.1) is 0 Å². The first-order valence-electron chi connectivity index (χ1n) is 7.39. The van der Waals surface area contributed by atoms with Crippen molar-refractivity contribution in [2.45, 2.75) is 26.0 Å². The van der Waals surface area contributed by atoms with Gasteiger partial charge < -0.3 is 19.7 Å². The van der Waals surface area contributed by atoms with E-state index in [1.807, 2.05) is 48.9 Å². The van der Waals surface area contributed by atoms with Crippen molar-refractivity contribution < 1.29 is 9.84 Å². The Morgan fingerprint density at radius 2 is 2.18 bits per heavy atom. The topological polar surface area (TPSA) is 59.3 Å². The third kappa shape index (κ3) is 4.44. The Labute approximate surface area is 131 Å². The molecule has 0 saturated carbocycles. The second kappa shape index (κ2) is 7.77. The van der Waals surface area contributed by atoms with Crippen LogP contribution in [-0.4, -0.2) is 40.0 Å². The van der Waals surface area contributed by atoms with Gasteiger partial charge in [0.05, 0.1) is 12.0 Å². The lowest BCUT2D eigenvalue weighted by molar-refractivity contribution is 0.104. The average Bonchev–Trinajstić information content (AvgIpc) is 3.05. The summed E-state index contributed by atoms with van der Waals surface area (Å²) in [5.74, 6) is 0.699. The van der Waals surface area contributed by atoms with E-state index in [0.717, 1.165) is 11.3 Å². The van der Waals surface area contributed by atoms with Crippen LogP contribution in [-0.2, 0) is 0 Å². The summed E-state index contributed by atoms with van der Waals surface area (Å²) in [6, 6.07) is 7.99. The summed E-state index contributed by atoms with van der Waals surface area (Å²) in [6.07, 6.45) is 4.67. The number of para-hydroxylation sites is 1. The van der Waals surface area contributed by atoms with Crippen LogP contribution in [0.15, 0.2) is 49.6 Å². The zero-order valence-electron chi connectivity index (χ0n) is 13.1. The van der Waals surface area contributed by atoms with Crippen molar-refractivity contribution in [2.24, 2.45) is 0 Å². The number of aromatic nitrogens is 2. The molecule has 5 heteroatoms. The number of ether oxygens (including phenoxy) is 1. The molecule has 0 aliphatic rings. The van der Waals surface area contributed by atoms with Gasteiger partial charge in [0.2, 0.25) is 0 Å². The number of rotatable bonds is 8. The molecule has 1 unspecified atom stereocenters. The van der Waals surface area contributed by atoms with E-state index in [-0.39, 0.29) is 6.61 Å². The van der Waals surface area contributed by atoms with Gasteiger partial charge in [0, 0.05) is 30.5 Å². The number of hydrogen-bond donors (Lipinski definition) is 2. The van der Waals surface area contributed by atoms with E-state index in [1.165, 1.54) is 0 Å². The molecule has 2 aromatic rings. The average molecular weight is 301 g/mol. The standard InChI is InChI=1S/C17H23N3O2/c1-13(2)19-10-15(21)11-22-17-7-5-4-6-16(17)14(3)20-9-8-18-12-20/h4-9,12-13,15,19,21H,3,10-11H2,1-2H3. The van der Waals surface area contributed by atoms with Crippen molar-refractivity contribution in [3.8, 4) is 5.75 Å². The van der Waals surface area contributed by atoms with Gasteiger partial charge in [-0.05, 0) is 12.1 Å². The van der Waals surface area contributed by atoms with Crippen molar-refractivity contribution in [1.29, 1.82) is 0 Å². The van der Waals surface area contributed by atoms with E-state index < -0.39 is 6.10 Å². The molecule has 1 aromatic heterocycles. The number of nitrogens with zero attached hydrogens (tertiary/aromatic N) is 2. The first-order chi connectivity index (χ1) is 10.6. The number of nitrogens with one attached hydrogen (secondary N) is 1. The molecule has 0 radical (unpaired) electrons. The van der Waals surface area contributed by atoms with Gasteiger partial charge in [0.15, 0.2) is 0 Å². The molecule has 0 fully saturated rings. The molecule has 1 atom stereocenters. The highest BCUT2D eigenvalue weighted by atomic mass is 16.5. The zero-order chi connectivity index (χ0) is 15.9. The smallest absolute Gasteiger partial charge is 0.128 e. The van der Waals surface area contributed by atoms with Crippen molar-refractivity contribution >= 4 is 5.70 Å². The molecule has 2 rings (SSSR count). The summed E-state index contributed by atoms with van der Waals surface area (Å²) < 4.78 is 7.60. The molecular weight excluding hydrogens is 278 g/mol. The Bertz CT molecular complexity index is 594. The fourth-order valence-corrected chi connectivity index (χ4v) is 2.01. The first-order valence-corrected chi connectivity index (χ1v) is 7.39. The zero-order valence-corrected chi connectivity index (χ0v) is 13.1. The molecule has 0 aliphatic carbocycles. The van der Waals surface area contributed by atoms with Crippen LogP contribution >= 0.6 is 0 Å². The molecule has 1 heterocycles. The predicted octanol–water partition coefficient (Wildman–Crippen LogP) is 2.14. The van der Waals surface area contributed by atoms with Crippen molar-refractivity contribution in [3.63, 3.8) is 0 Å². The highest BCUT2D eigenvalue weighted by Gasteiger charge is 2.11. The van der Waals surface area contributed by atoms with Gasteiger partial charge in [-0.2, -0.15) is 0 Å². The number of aliphatic hydroxyl groups is 1. The lowest BCUT2D eigenvalue weighted by Gasteiger charge is -2.17. The number of aliphatic hydroxyl groups excluding tert-OH is 1. The molecule has 0 saturated heterocycles. The Morgan fingerprint density at radius 3 is 2.86 bits per heavy atom. The maximum absolute atomic E-state index is 9.95. The minimum Gasteiger partial charge on any atom is -0.490 e. The SMILES string of the molecule is C=C(c1ccccc1OCC(O)CNC(C)C)n1ccnc1. The van der Waals surface area contributed by atoms with E-state index in [4.69, 9.17) is 4.74 Å². The lowest BCUT2D eigenvalue weighted by atomic mass is 10.1. The number of hydrogen-bond acceptors (Lipinski definition) is 4. The van der Waals surface area contributed by atoms with Crippen LogP contribution < -0.4 is 10.1 Å². The summed E-state index contributed by atoms with van der Waals surface area (Å²) in [5.41, 5.74) is 1.66. The summed E-state index contributed by atoms with van der Waals surface area (Å²) in [7, 11) is 0. The largest absolute Gasteiger partial charge is 0.490 e. The Hall–Kier alpha value is -2.11. The molecule has 22 heavy (non-hydrogen) atoms. The van der Waals surface area contributed by atoms with Gasteiger partial charge in [-0.1, -0.05) is 32.6 Å². The number of benzene rings is 1. The van der Waals surface area contributed by atoms with E-state index in [0.29, 0.717) is 18.3 Å². The monoisotopic (exact) mass is 301 g/mol. The van der Waals surface area contributed by atoms with E-state index in [2.05, 4.69) is 16.9 Å². The van der Waals surface area contributed by atoms with Crippen molar-refractivity contribution in [2.75, 3.05) is 13.2 Å². The molecule has 0 amide bonds. The number of imidazole rings is 1. The maximum atomic E-state index is 9.95. The van der Waals surface area contributed by atoms with Gasteiger partial charge in [-0.25, -0.2) is 4.98 Å².